The summed E-state index contributed by atoms with van der Waals surface area (Å²) in [7, 11) is -3.52. The van der Waals surface area contributed by atoms with Crippen molar-refractivity contribution in [2.75, 3.05) is 6.54 Å². The summed E-state index contributed by atoms with van der Waals surface area (Å²) in [6.45, 7) is 14.8. The standard InChI is InChI=1S/C19H27NO2S/c1-6-8-16(4)19(5)13-14-20(18(19)7-2)23(21,22)17-11-9-15(3)10-12-17/h7,9-12,18H,2,4,6,8,13-14H2,1,3,5H3/t18-,19+/m1/s1. The van der Waals surface area contributed by atoms with Crippen LogP contribution in [0, 0.1) is 12.3 Å². The first kappa shape index (κ1) is 18.0. The third-order valence-electron chi connectivity index (χ3n) is 5.02. The summed E-state index contributed by atoms with van der Waals surface area (Å²) >= 11 is 0. The second-order valence-corrected chi connectivity index (χ2v) is 8.52. The molecule has 1 aliphatic heterocycles. The van der Waals surface area contributed by atoms with Gasteiger partial charge in [-0.3, -0.25) is 0 Å². The first-order chi connectivity index (χ1) is 10.8. The smallest absolute Gasteiger partial charge is 0.207 e. The van der Waals surface area contributed by atoms with Gasteiger partial charge in [-0.1, -0.05) is 56.2 Å². The van der Waals surface area contributed by atoms with Crippen LogP contribution in [0.15, 0.2) is 54.0 Å². The Balaban J connectivity index is 2.38. The van der Waals surface area contributed by atoms with E-state index >= 15 is 0 Å². The summed E-state index contributed by atoms with van der Waals surface area (Å²) in [6, 6.07) is 6.79. The van der Waals surface area contributed by atoms with Gasteiger partial charge in [0.25, 0.3) is 0 Å². The number of benzene rings is 1. The zero-order chi connectivity index (χ0) is 17.3. The van der Waals surface area contributed by atoms with Gasteiger partial charge in [-0.25, -0.2) is 8.42 Å². The van der Waals surface area contributed by atoms with Gasteiger partial charge >= 0.3 is 0 Å². The minimum atomic E-state index is -3.52. The molecule has 4 heteroatoms. The molecule has 3 nitrogen and oxygen atoms in total. The minimum absolute atomic E-state index is 0.241. The minimum Gasteiger partial charge on any atom is -0.207 e. The van der Waals surface area contributed by atoms with Gasteiger partial charge < -0.3 is 0 Å². The lowest BCUT2D eigenvalue weighted by atomic mass is 9.75. The van der Waals surface area contributed by atoms with Crippen molar-refractivity contribution in [3.05, 3.63) is 54.6 Å². The fraction of sp³-hybridized carbons (Fsp3) is 0.474. The van der Waals surface area contributed by atoms with E-state index in [2.05, 4.69) is 27.0 Å². The highest BCUT2D eigenvalue weighted by atomic mass is 32.2. The van der Waals surface area contributed by atoms with Crippen LogP contribution in [-0.2, 0) is 10.0 Å². The first-order valence-corrected chi connectivity index (χ1v) is 9.60. The highest BCUT2D eigenvalue weighted by Gasteiger charge is 2.48. The van der Waals surface area contributed by atoms with Crippen molar-refractivity contribution in [2.24, 2.45) is 5.41 Å². The van der Waals surface area contributed by atoms with Gasteiger partial charge in [0.15, 0.2) is 0 Å². The van der Waals surface area contributed by atoms with Gasteiger partial charge in [-0.15, -0.1) is 6.58 Å². The van der Waals surface area contributed by atoms with E-state index in [0.717, 1.165) is 30.4 Å². The Morgan fingerprint density at radius 2 is 2.00 bits per heavy atom. The van der Waals surface area contributed by atoms with Crippen LogP contribution < -0.4 is 0 Å². The van der Waals surface area contributed by atoms with Crippen molar-refractivity contribution in [3.63, 3.8) is 0 Å². The molecule has 1 aromatic rings. The Hall–Kier alpha value is -1.39. The molecule has 0 amide bonds. The molecule has 0 spiro atoms. The number of rotatable bonds is 6. The average Bonchev–Trinajstić information content (AvgIpc) is 2.87. The number of hydrogen-bond acceptors (Lipinski definition) is 2. The Morgan fingerprint density at radius 3 is 2.52 bits per heavy atom. The summed E-state index contributed by atoms with van der Waals surface area (Å²) in [5.41, 5.74) is 1.92. The van der Waals surface area contributed by atoms with Crippen LogP contribution in [0.1, 0.15) is 38.7 Å². The van der Waals surface area contributed by atoms with E-state index in [0.29, 0.717) is 11.4 Å². The predicted octanol–water partition coefficient (Wildman–Crippen LogP) is 4.31. The zero-order valence-corrected chi connectivity index (χ0v) is 15.2. The summed E-state index contributed by atoms with van der Waals surface area (Å²) in [4.78, 5) is 0.348. The largest absolute Gasteiger partial charge is 0.243 e. The lowest BCUT2D eigenvalue weighted by Crippen LogP contribution is -2.40. The molecule has 1 heterocycles. The third kappa shape index (κ3) is 3.15. The van der Waals surface area contributed by atoms with Crippen molar-refractivity contribution in [3.8, 4) is 0 Å². The van der Waals surface area contributed by atoms with Crippen LogP contribution in [0.5, 0.6) is 0 Å². The lowest BCUT2D eigenvalue weighted by molar-refractivity contribution is 0.318. The Kier molecular flexibility index (Phi) is 5.17. The van der Waals surface area contributed by atoms with Gasteiger partial charge in [-0.2, -0.15) is 4.31 Å². The quantitative estimate of drug-likeness (QED) is 0.728. The van der Waals surface area contributed by atoms with E-state index in [1.54, 1.807) is 22.5 Å². The highest BCUT2D eigenvalue weighted by Crippen LogP contribution is 2.46. The van der Waals surface area contributed by atoms with E-state index in [9.17, 15) is 8.42 Å². The molecule has 0 N–H and O–H groups in total. The second-order valence-electron chi connectivity index (χ2n) is 6.63. The van der Waals surface area contributed by atoms with Crippen LogP contribution in [0.25, 0.3) is 0 Å². The predicted molar refractivity (Wildman–Crippen MR) is 95.8 cm³/mol. The van der Waals surface area contributed by atoms with Gasteiger partial charge in [0, 0.05) is 12.0 Å². The number of nitrogens with zero attached hydrogens (tertiary/aromatic N) is 1. The highest BCUT2D eigenvalue weighted by molar-refractivity contribution is 7.89. The molecule has 23 heavy (non-hydrogen) atoms. The maximum atomic E-state index is 13.0. The fourth-order valence-corrected chi connectivity index (χ4v) is 5.11. The first-order valence-electron chi connectivity index (χ1n) is 8.16. The molecule has 1 aliphatic rings. The Morgan fingerprint density at radius 1 is 1.39 bits per heavy atom. The van der Waals surface area contributed by atoms with Crippen LogP contribution in [-0.4, -0.2) is 25.3 Å². The van der Waals surface area contributed by atoms with Crippen LogP contribution in [0.4, 0.5) is 0 Å². The number of sulfonamides is 1. The van der Waals surface area contributed by atoms with Crippen molar-refractivity contribution in [1.29, 1.82) is 0 Å². The number of aryl methyl sites for hydroxylation is 1. The van der Waals surface area contributed by atoms with E-state index in [4.69, 9.17) is 0 Å². The van der Waals surface area contributed by atoms with Gasteiger partial charge in [0.05, 0.1) is 10.9 Å². The summed E-state index contributed by atoms with van der Waals surface area (Å²) in [5, 5.41) is 0. The molecule has 2 atom stereocenters. The second kappa shape index (κ2) is 6.62. The fourth-order valence-electron chi connectivity index (χ4n) is 3.41. The molecule has 0 saturated carbocycles. The average molecular weight is 333 g/mol. The van der Waals surface area contributed by atoms with E-state index < -0.39 is 10.0 Å². The Bertz CT molecular complexity index is 691. The molecule has 126 valence electrons. The normalized spacial score (nSPS) is 25.4. The molecule has 1 aromatic carbocycles. The van der Waals surface area contributed by atoms with Crippen LogP contribution in [0.2, 0.25) is 0 Å². The molecule has 1 saturated heterocycles. The number of hydrogen-bond donors (Lipinski definition) is 0. The molecule has 2 rings (SSSR count). The molecule has 0 unspecified atom stereocenters. The molecular weight excluding hydrogens is 306 g/mol. The summed E-state index contributed by atoms with van der Waals surface area (Å²) in [6.07, 6.45) is 4.48. The maximum Gasteiger partial charge on any atom is 0.243 e. The van der Waals surface area contributed by atoms with Crippen molar-refractivity contribution >= 4 is 10.0 Å². The van der Waals surface area contributed by atoms with Crippen LogP contribution >= 0.6 is 0 Å². The van der Waals surface area contributed by atoms with Crippen molar-refractivity contribution in [1.82, 2.24) is 4.31 Å². The van der Waals surface area contributed by atoms with E-state index in [-0.39, 0.29) is 11.5 Å². The van der Waals surface area contributed by atoms with Crippen molar-refractivity contribution < 1.29 is 8.42 Å². The van der Waals surface area contributed by atoms with Gasteiger partial charge in [0.2, 0.25) is 10.0 Å². The third-order valence-corrected chi connectivity index (χ3v) is 6.92. The lowest BCUT2D eigenvalue weighted by Gasteiger charge is -2.34. The van der Waals surface area contributed by atoms with E-state index in [1.165, 1.54) is 0 Å². The van der Waals surface area contributed by atoms with Crippen molar-refractivity contribution in [2.45, 2.75) is 51.0 Å². The molecule has 0 aromatic heterocycles. The van der Waals surface area contributed by atoms with Gasteiger partial charge in [-0.05, 0) is 31.9 Å². The molecule has 0 bridgehead atoms. The molecular formula is C19H27NO2S. The SMILES string of the molecule is C=C[C@H]1N(S(=O)(=O)c2ccc(C)cc2)CC[C@@]1(C)C(=C)CCC. The molecule has 1 fully saturated rings. The Labute approximate surface area is 140 Å². The van der Waals surface area contributed by atoms with E-state index in [1.807, 2.05) is 19.1 Å². The summed E-state index contributed by atoms with van der Waals surface area (Å²) in [5.74, 6) is 0. The maximum absolute atomic E-state index is 13.0. The zero-order valence-electron chi connectivity index (χ0n) is 14.4. The molecule has 0 radical (unpaired) electrons. The van der Waals surface area contributed by atoms with Gasteiger partial charge in [0.1, 0.15) is 0 Å². The topological polar surface area (TPSA) is 37.4 Å². The molecule has 0 aliphatic carbocycles. The van der Waals surface area contributed by atoms with Crippen LogP contribution in [0.3, 0.4) is 0 Å². The monoisotopic (exact) mass is 333 g/mol. The summed E-state index contributed by atoms with van der Waals surface area (Å²) < 4.78 is 27.7.